The second-order valence-electron chi connectivity index (χ2n) is 10.3. The fraction of sp³-hybridized carbons (Fsp3) is 0.219. The van der Waals surface area contributed by atoms with Crippen LogP contribution in [0.3, 0.4) is 0 Å². The second-order valence-corrected chi connectivity index (χ2v) is 10.3. The first-order chi connectivity index (χ1) is 18.7. The molecule has 3 heterocycles. The van der Waals surface area contributed by atoms with Crippen LogP contribution in [0, 0.1) is 20.8 Å². The van der Waals surface area contributed by atoms with Crippen molar-refractivity contribution in [1.29, 1.82) is 0 Å². The van der Waals surface area contributed by atoms with Crippen molar-refractivity contribution in [1.82, 2.24) is 9.36 Å². The molecule has 0 saturated carbocycles. The van der Waals surface area contributed by atoms with Crippen molar-refractivity contribution in [2.24, 2.45) is 7.05 Å². The Morgan fingerprint density at radius 2 is 1.50 bits per heavy atom. The standard InChI is InChI=1S/C32H32N4O3.HI/c1-20-12-14-25-27(16-20)38-29(33(25)4)18-23(19-30-34(5)26-15-13-21(2)17-28(26)39-30)31-22(3)35(6)36(32(31)37)24-10-8-7-9-11-24;/h7-19,29H,1-6H3;1H/b23-18-,30-19+;. The van der Waals surface area contributed by atoms with E-state index in [-0.39, 0.29) is 29.5 Å². The number of rotatable bonds is 4. The van der Waals surface area contributed by atoms with Crippen molar-refractivity contribution in [2.45, 2.75) is 27.0 Å². The van der Waals surface area contributed by atoms with Crippen LogP contribution >= 0.6 is 24.0 Å². The summed E-state index contributed by atoms with van der Waals surface area (Å²) in [5.74, 6) is 2.27. The summed E-state index contributed by atoms with van der Waals surface area (Å²) in [6.07, 6.45) is 3.56. The maximum Gasteiger partial charge on any atom is 0.279 e. The molecule has 0 amide bonds. The first-order valence-corrected chi connectivity index (χ1v) is 13.0. The first kappa shape index (κ1) is 27.6. The van der Waals surface area contributed by atoms with Crippen LogP contribution in [0.2, 0.25) is 0 Å². The Morgan fingerprint density at radius 3 is 2.20 bits per heavy atom. The van der Waals surface area contributed by atoms with E-state index < -0.39 is 6.23 Å². The summed E-state index contributed by atoms with van der Waals surface area (Å²) in [6, 6.07) is 22.0. The normalized spacial score (nSPS) is 16.9. The highest BCUT2D eigenvalue weighted by atomic mass is 127. The third-order valence-electron chi connectivity index (χ3n) is 7.59. The number of aromatic nitrogens is 2. The van der Waals surface area contributed by atoms with Crippen LogP contribution < -0.4 is 24.8 Å². The van der Waals surface area contributed by atoms with Crippen LogP contribution in [-0.4, -0.2) is 29.7 Å². The Labute approximate surface area is 251 Å². The Bertz CT molecular complexity index is 1720. The number of ether oxygens (including phenoxy) is 2. The predicted octanol–water partition coefficient (Wildman–Crippen LogP) is 6.33. The molecule has 2 aliphatic heterocycles. The summed E-state index contributed by atoms with van der Waals surface area (Å²) >= 11 is 0. The van der Waals surface area contributed by atoms with Gasteiger partial charge in [-0.25, -0.2) is 4.68 Å². The van der Waals surface area contributed by atoms with Gasteiger partial charge in [0, 0.05) is 32.9 Å². The van der Waals surface area contributed by atoms with Gasteiger partial charge in [0.1, 0.15) is 5.75 Å². The summed E-state index contributed by atoms with van der Waals surface area (Å²) in [5.41, 5.74) is 7.12. The van der Waals surface area contributed by atoms with Crippen LogP contribution in [0.4, 0.5) is 11.4 Å². The van der Waals surface area contributed by atoms with Gasteiger partial charge in [-0.2, -0.15) is 0 Å². The molecule has 0 aliphatic carbocycles. The van der Waals surface area contributed by atoms with Gasteiger partial charge >= 0.3 is 0 Å². The maximum atomic E-state index is 14.1. The zero-order chi connectivity index (χ0) is 27.4. The fourth-order valence-electron chi connectivity index (χ4n) is 5.30. The summed E-state index contributed by atoms with van der Waals surface area (Å²) < 4.78 is 16.3. The maximum absolute atomic E-state index is 14.1. The molecule has 2 aliphatic rings. The number of hydrogen-bond acceptors (Lipinski definition) is 5. The third kappa shape index (κ3) is 4.60. The highest BCUT2D eigenvalue weighted by Crippen LogP contribution is 2.41. The Hall–Kier alpha value is -3.92. The monoisotopic (exact) mass is 648 g/mol. The molecular weight excluding hydrogens is 615 g/mol. The molecule has 1 atom stereocenters. The zero-order valence-electron chi connectivity index (χ0n) is 23.5. The van der Waals surface area contributed by atoms with Crippen molar-refractivity contribution < 1.29 is 9.47 Å². The minimum absolute atomic E-state index is 0. The highest BCUT2D eigenvalue weighted by Gasteiger charge is 2.30. The number of hydrogen-bond donors (Lipinski definition) is 0. The van der Waals surface area contributed by atoms with E-state index in [0.717, 1.165) is 51.0 Å². The lowest BCUT2D eigenvalue weighted by Crippen LogP contribution is -2.29. The molecule has 3 aromatic carbocycles. The minimum Gasteiger partial charge on any atom is -0.465 e. The highest BCUT2D eigenvalue weighted by molar-refractivity contribution is 14.0. The summed E-state index contributed by atoms with van der Waals surface area (Å²) in [5, 5.41) is 0. The van der Waals surface area contributed by atoms with E-state index in [4.69, 9.17) is 9.47 Å². The van der Waals surface area contributed by atoms with Crippen LogP contribution in [0.15, 0.2) is 89.6 Å². The SMILES string of the molecule is Cc1ccc2c(c1)O/C(=C/C(=C/C1Oc3cc(C)ccc3N1C)c1c(C)n(C)n(-c3ccccc3)c1=O)N2C.I. The molecule has 0 saturated heterocycles. The van der Waals surface area contributed by atoms with E-state index in [2.05, 4.69) is 36.1 Å². The van der Waals surface area contributed by atoms with Crippen molar-refractivity contribution in [3.8, 4) is 17.2 Å². The molecule has 6 rings (SSSR count). The zero-order valence-corrected chi connectivity index (χ0v) is 25.8. The van der Waals surface area contributed by atoms with Crippen molar-refractivity contribution in [3.63, 3.8) is 0 Å². The molecule has 206 valence electrons. The summed E-state index contributed by atoms with van der Waals surface area (Å²) in [7, 11) is 5.89. The molecule has 0 N–H and O–H groups in total. The van der Waals surface area contributed by atoms with Gasteiger partial charge in [0.25, 0.3) is 5.56 Å². The quantitative estimate of drug-likeness (QED) is 0.243. The number of aryl methyl sites for hydroxylation is 2. The molecule has 1 unspecified atom stereocenters. The first-order valence-electron chi connectivity index (χ1n) is 13.0. The van der Waals surface area contributed by atoms with E-state index in [1.165, 1.54) is 0 Å². The fourth-order valence-corrected chi connectivity index (χ4v) is 5.30. The average molecular weight is 649 g/mol. The lowest BCUT2D eigenvalue weighted by molar-refractivity contribution is 0.280. The van der Waals surface area contributed by atoms with Crippen LogP contribution in [0.1, 0.15) is 22.4 Å². The second kappa shape index (κ2) is 10.6. The Balaban J connectivity index is 0.00000323. The van der Waals surface area contributed by atoms with E-state index in [1.54, 1.807) is 4.68 Å². The molecule has 0 fully saturated rings. The van der Waals surface area contributed by atoms with Gasteiger partial charge in [0.2, 0.25) is 5.88 Å². The van der Waals surface area contributed by atoms with Gasteiger partial charge in [0.15, 0.2) is 12.0 Å². The largest absolute Gasteiger partial charge is 0.465 e. The van der Waals surface area contributed by atoms with Crippen LogP contribution in [0.5, 0.6) is 11.5 Å². The van der Waals surface area contributed by atoms with E-state index in [1.807, 2.05) is 99.2 Å². The molecule has 4 aromatic rings. The van der Waals surface area contributed by atoms with Crippen molar-refractivity contribution in [2.75, 3.05) is 23.9 Å². The summed E-state index contributed by atoms with van der Waals surface area (Å²) in [4.78, 5) is 18.1. The van der Waals surface area contributed by atoms with E-state index in [0.29, 0.717) is 11.4 Å². The average Bonchev–Trinajstić information content (AvgIpc) is 3.47. The smallest absolute Gasteiger partial charge is 0.279 e. The van der Waals surface area contributed by atoms with E-state index >= 15 is 0 Å². The minimum atomic E-state index is -0.394. The Morgan fingerprint density at radius 1 is 0.850 bits per heavy atom. The van der Waals surface area contributed by atoms with Crippen LogP contribution in [0.25, 0.3) is 11.3 Å². The molecule has 8 heteroatoms. The molecule has 0 radical (unpaired) electrons. The molecule has 0 spiro atoms. The number of nitrogens with zero attached hydrogens (tertiary/aromatic N) is 4. The predicted molar refractivity (Wildman–Crippen MR) is 171 cm³/mol. The van der Waals surface area contributed by atoms with Gasteiger partial charge < -0.3 is 19.3 Å². The van der Waals surface area contributed by atoms with Gasteiger partial charge in [-0.15, -0.1) is 24.0 Å². The lowest BCUT2D eigenvalue weighted by atomic mass is 10.0. The number of allylic oxidation sites excluding steroid dienone is 2. The lowest BCUT2D eigenvalue weighted by Gasteiger charge is -2.19. The molecular formula is C32H33IN4O3. The topological polar surface area (TPSA) is 51.9 Å². The number of likely N-dealkylation sites (N-methyl/N-ethyl adjacent to an activating group) is 1. The van der Waals surface area contributed by atoms with Crippen molar-refractivity contribution in [3.05, 3.63) is 118 Å². The van der Waals surface area contributed by atoms with Gasteiger partial charge in [-0.05, 0) is 79.9 Å². The molecule has 1 aromatic heterocycles. The molecule has 40 heavy (non-hydrogen) atoms. The third-order valence-corrected chi connectivity index (χ3v) is 7.59. The number of anilines is 2. The number of halogens is 1. The van der Waals surface area contributed by atoms with Gasteiger partial charge in [0.05, 0.1) is 22.6 Å². The van der Waals surface area contributed by atoms with Crippen molar-refractivity contribution >= 4 is 40.9 Å². The van der Waals surface area contributed by atoms with Gasteiger partial charge in [-0.1, -0.05) is 30.3 Å². The van der Waals surface area contributed by atoms with E-state index in [9.17, 15) is 4.79 Å². The molecule has 7 nitrogen and oxygen atoms in total. The Kier molecular flexibility index (Phi) is 7.31. The summed E-state index contributed by atoms with van der Waals surface area (Å²) in [6.45, 7) is 6.06. The van der Waals surface area contributed by atoms with Gasteiger partial charge in [-0.3, -0.25) is 9.48 Å². The number of fused-ring (bicyclic) bond motifs is 2. The molecule has 0 bridgehead atoms. The van der Waals surface area contributed by atoms with Crippen LogP contribution in [-0.2, 0) is 7.05 Å². The number of benzene rings is 3. The number of para-hydroxylation sites is 1.